The van der Waals surface area contributed by atoms with Crippen LogP contribution in [0.5, 0.6) is 0 Å². The van der Waals surface area contributed by atoms with Crippen LogP contribution in [-0.2, 0) is 6.42 Å². The van der Waals surface area contributed by atoms with E-state index in [1.165, 1.54) is 88.4 Å². The van der Waals surface area contributed by atoms with Gasteiger partial charge in [-0.1, -0.05) is 76.3 Å². The van der Waals surface area contributed by atoms with Gasteiger partial charge in [-0.05, 0) is 42.7 Å². The molecule has 0 radical (unpaired) electrons. The summed E-state index contributed by atoms with van der Waals surface area (Å²) in [6.07, 6.45) is 17.3. The number of thioether (sulfide) groups is 1. The third-order valence-electron chi connectivity index (χ3n) is 4.65. The molecule has 1 nitrogen and oxygen atoms in total. The summed E-state index contributed by atoms with van der Waals surface area (Å²) >= 11 is 1.87. The molecule has 25 heavy (non-hydrogen) atoms. The standard InChI is InChI=1S/C22H37FOS/c23-22-16-14-21(15-17-22)13-11-9-7-5-3-1-2-4-6-8-10-12-19-25-20-18-24/h14-17,24H,1-13,18-20H2. The Hall–Kier alpha value is -0.540. The number of aryl methyl sites for hydroxylation is 1. The fourth-order valence-electron chi connectivity index (χ4n) is 3.12. The second kappa shape index (κ2) is 16.9. The number of aliphatic hydroxyl groups is 1. The van der Waals surface area contributed by atoms with Crippen LogP contribution in [0.15, 0.2) is 24.3 Å². The lowest BCUT2D eigenvalue weighted by atomic mass is 10.0. The molecule has 0 aliphatic rings. The first kappa shape index (κ1) is 22.5. The van der Waals surface area contributed by atoms with Crippen molar-refractivity contribution >= 4 is 11.8 Å². The van der Waals surface area contributed by atoms with Crippen molar-refractivity contribution in [3.63, 3.8) is 0 Å². The molecular formula is C22H37FOS. The summed E-state index contributed by atoms with van der Waals surface area (Å²) in [4.78, 5) is 0. The second-order valence-electron chi connectivity index (χ2n) is 6.96. The van der Waals surface area contributed by atoms with Gasteiger partial charge in [0.25, 0.3) is 0 Å². The van der Waals surface area contributed by atoms with E-state index in [1.807, 2.05) is 23.9 Å². The molecule has 0 spiro atoms. The first-order valence-electron chi connectivity index (χ1n) is 10.3. The molecule has 1 aromatic carbocycles. The summed E-state index contributed by atoms with van der Waals surface area (Å²) in [5, 5.41) is 8.69. The van der Waals surface area contributed by atoms with Gasteiger partial charge in [0.05, 0.1) is 6.61 Å². The normalized spacial score (nSPS) is 11.1. The van der Waals surface area contributed by atoms with Crippen molar-refractivity contribution in [1.82, 2.24) is 0 Å². The summed E-state index contributed by atoms with van der Waals surface area (Å²) in [6, 6.07) is 6.93. The zero-order chi connectivity index (χ0) is 18.0. The van der Waals surface area contributed by atoms with Crippen molar-refractivity contribution in [3.05, 3.63) is 35.6 Å². The maximum absolute atomic E-state index is 12.8. The number of aliphatic hydroxyl groups excluding tert-OH is 1. The minimum atomic E-state index is -0.138. The Morgan fingerprint density at radius 1 is 0.640 bits per heavy atom. The Morgan fingerprint density at radius 3 is 1.64 bits per heavy atom. The van der Waals surface area contributed by atoms with Crippen LogP contribution in [0.4, 0.5) is 4.39 Å². The van der Waals surface area contributed by atoms with Crippen LogP contribution in [0.3, 0.4) is 0 Å². The molecule has 0 aliphatic carbocycles. The van der Waals surface area contributed by atoms with E-state index in [2.05, 4.69) is 0 Å². The minimum Gasteiger partial charge on any atom is -0.396 e. The summed E-state index contributed by atoms with van der Waals surface area (Å²) in [7, 11) is 0. The lowest BCUT2D eigenvalue weighted by molar-refractivity contribution is 0.322. The van der Waals surface area contributed by atoms with Crippen molar-refractivity contribution in [1.29, 1.82) is 0 Å². The van der Waals surface area contributed by atoms with Crippen molar-refractivity contribution in [3.8, 4) is 0 Å². The zero-order valence-electron chi connectivity index (χ0n) is 15.9. The Kier molecular flexibility index (Phi) is 15.2. The van der Waals surface area contributed by atoms with Gasteiger partial charge in [0, 0.05) is 5.75 Å². The highest BCUT2D eigenvalue weighted by atomic mass is 32.2. The van der Waals surface area contributed by atoms with Gasteiger partial charge >= 0.3 is 0 Å². The maximum atomic E-state index is 12.8. The number of hydrogen-bond acceptors (Lipinski definition) is 2. The summed E-state index contributed by atoms with van der Waals surface area (Å²) in [5.74, 6) is 1.97. The smallest absolute Gasteiger partial charge is 0.123 e. The molecule has 0 atom stereocenters. The summed E-state index contributed by atoms with van der Waals surface area (Å²) in [5.41, 5.74) is 1.26. The van der Waals surface area contributed by atoms with Crippen LogP contribution < -0.4 is 0 Å². The van der Waals surface area contributed by atoms with Gasteiger partial charge < -0.3 is 5.11 Å². The largest absolute Gasteiger partial charge is 0.396 e. The lowest BCUT2D eigenvalue weighted by Gasteiger charge is -2.04. The van der Waals surface area contributed by atoms with Crippen LogP contribution in [0.25, 0.3) is 0 Å². The Bertz CT molecular complexity index is 394. The molecule has 1 N–H and O–H groups in total. The molecule has 0 aromatic heterocycles. The average molecular weight is 369 g/mol. The summed E-state index contributed by atoms with van der Waals surface area (Å²) < 4.78 is 12.8. The molecule has 0 aliphatic heterocycles. The van der Waals surface area contributed by atoms with Crippen molar-refractivity contribution in [2.24, 2.45) is 0 Å². The SMILES string of the molecule is OCCSCCCCCCCCCCCCCCc1ccc(F)cc1. The van der Waals surface area contributed by atoms with Gasteiger partial charge in [0.2, 0.25) is 0 Å². The maximum Gasteiger partial charge on any atom is 0.123 e. The zero-order valence-corrected chi connectivity index (χ0v) is 16.7. The van der Waals surface area contributed by atoms with Crippen LogP contribution >= 0.6 is 11.8 Å². The van der Waals surface area contributed by atoms with Crippen LogP contribution in [0.1, 0.15) is 82.6 Å². The van der Waals surface area contributed by atoms with E-state index in [9.17, 15) is 4.39 Å². The molecule has 1 rings (SSSR count). The molecule has 0 heterocycles. The van der Waals surface area contributed by atoms with E-state index < -0.39 is 0 Å². The molecule has 3 heteroatoms. The third kappa shape index (κ3) is 14.3. The fraction of sp³-hybridized carbons (Fsp3) is 0.727. The number of benzene rings is 1. The first-order chi connectivity index (χ1) is 12.3. The molecule has 144 valence electrons. The topological polar surface area (TPSA) is 20.2 Å². The van der Waals surface area contributed by atoms with Crippen molar-refractivity contribution in [2.45, 2.75) is 83.5 Å². The predicted molar refractivity (Wildman–Crippen MR) is 110 cm³/mol. The first-order valence-corrected chi connectivity index (χ1v) is 11.4. The monoisotopic (exact) mass is 368 g/mol. The highest BCUT2D eigenvalue weighted by molar-refractivity contribution is 7.99. The fourth-order valence-corrected chi connectivity index (χ4v) is 3.86. The number of halogens is 1. The Balaban J connectivity index is 1.74. The third-order valence-corrected chi connectivity index (χ3v) is 5.70. The van der Waals surface area contributed by atoms with E-state index in [0.29, 0.717) is 6.61 Å². The quantitative estimate of drug-likeness (QED) is 0.306. The Labute approximate surface area is 158 Å². The Morgan fingerprint density at radius 2 is 1.12 bits per heavy atom. The van der Waals surface area contributed by atoms with E-state index >= 15 is 0 Å². The van der Waals surface area contributed by atoms with E-state index in [-0.39, 0.29) is 5.82 Å². The second-order valence-corrected chi connectivity index (χ2v) is 8.18. The minimum absolute atomic E-state index is 0.138. The van der Waals surface area contributed by atoms with Gasteiger partial charge in [0.1, 0.15) is 5.82 Å². The molecule has 0 unspecified atom stereocenters. The number of unbranched alkanes of at least 4 members (excludes halogenated alkanes) is 11. The van der Waals surface area contributed by atoms with Gasteiger partial charge in [0.15, 0.2) is 0 Å². The molecule has 0 saturated heterocycles. The molecular weight excluding hydrogens is 331 g/mol. The number of hydrogen-bond donors (Lipinski definition) is 1. The predicted octanol–water partition coefficient (Wildman–Crippen LogP) is 6.77. The van der Waals surface area contributed by atoms with Crippen molar-refractivity contribution < 1.29 is 9.50 Å². The van der Waals surface area contributed by atoms with Crippen molar-refractivity contribution in [2.75, 3.05) is 18.1 Å². The molecule has 0 amide bonds. The highest BCUT2D eigenvalue weighted by Crippen LogP contribution is 2.14. The van der Waals surface area contributed by atoms with Gasteiger partial charge in [-0.15, -0.1) is 0 Å². The van der Waals surface area contributed by atoms with E-state index in [0.717, 1.165) is 12.2 Å². The lowest BCUT2D eigenvalue weighted by Crippen LogP contribution is -1.89. The molecule has 0 bridgehead atoms. The highest BCUT2D eigenvalue weighted by Gasteiger charge is 1.96. The van der Waals surface area contributed by atoms with Gasteiger partial charge in [-0.25, -0.2) is 4.39 Å². The van der Waals surface area contributed by atoms with E-state index in [1.54, 1.807) is 12.1 Å². The molecule has 1 aromatic rings. The number of rotatable bonds is 17. The molecule has 0 saturated carbocycles. The van der Waals surface area contributed by atoms with E-state index in [4.69, 9.17) is 5.11 Å². The average Bonchev–Trinajstić information content (AvgIpc) is 2.63. The van der Waals surface area contributed by atoms with Gasteiger partial charge in [-0.3, -0.25) is 0 Å². The summed E-state index contributed by atoms with van der Waals surface area (Å²) in [6.45, 7) is 0.318. The molecule has 0 fully saturated rings. The van der Waals surface area contributed by atoms with Gasteiger partial charge in [-0.2, -0.15) is 11.8 Å². The van der Waals surface area contributed by atoms with Crippen LogP contribution in [0, 0.1) is 5.82 Å². The van der Waals surface area contributed by atoms with Crippen LogP contribution in [0.2, 0.25) is 0 Å². The van der Waals surface area contributed by atoms with Crippen LogP contribution in [-0.4, -0.2) is 23.2 Å².